The van der Waals surface area contributed by atoms with E-state index in [0.29, 0.717) is 5.82 Å². The molecule has 1 aromatic carbocycles. The van der Waals surface area contributed by atoms with Gasteiger partial charge in [0.15, 0.2) is 5.82 Å². The minimum atomic E-state index is -0.297. The molecule has 0 amide bonds. The summed E-state index contributed by atoms with van der Waals surface area (Å²) in [6, 6.07) is 16.5. The predicted molar refractivity (Wildman–Crippen MR) is 87.2 cm³/mol. The molecule has 0 radical (unpaired) electrons. The van der Waals surface area contributed by atoms with Gasteiger partial charge in [-0.1, -0.05) is 48.6 Å². The first-order chi connectivity index (χ1) is 10.8. The van der Waals surface area contributed by atoms with Gasteiger partial charge in [0.05, 0.1) is 11.1 Å². The number of nitrogens with two attached hydrogens (primary N) is 1. The summed E-state index contributed by atoms with van der Waals surface area (Å²) in [6.45, 7) is 0. The van der Waals surface area contributed by atoms with E-state index in [1.807, 2.05) is 24.4 Å². The molecule has 0 fully saturated rings. The van der Waals surface area contributed by atoms with E-state index >= 15 is 0 Å². The molecule has 22 heavy (non-hydrogen) atoms. The largest absolute Gasteiger partial charge is 0.382 e. The standard InChI is InChI=1S/C18H16N4/c19-17-14-9-10-18(12-15(14)21-22-17,13-6-2-1-3-7-13)16-8-4-5-11-20-16/h1-11H,12H2,(H3,19,21,22). The Labute approximate surface area is 128 Å². The van der Waals surface area contributed by atoms with Crippen molar-refractivity contribution in [1.29, 1.82) is 0 Å². The Morgan fingerprint density at radius 1 is 1.05 bits per heavy atom. The Morgan fingerprint density at radius 3 is 2.64 bits per heavy atom. The molecule has 1 aliphatic rings. The Kier molecular flexibility index (Phi) is 2.82. The summed E-state index contributed by atoms with van der Waals surface area (Å²) in [6.07, 6.45) is 6.85. The average molecular weight is 288 g/mol. The van der Waals surface area contributed by atoms with Crippen molar-refractivity contribution in [2.45, 2.75) is 11.8 Å². The first kappa shape index (κ1) is 12.8. The number of benzene rings is 1. The molecule has 3 N–H and O–H groups in total. The first-order valence-corrected chi connectivity index (χ1v) is 7.28. The first-order valence-electron chi connectivity index (χ1n) is 7.28. The fourth-order valence-electron chi connectivity index (χ4n) is 3.17. The monoisotopic (exact) mass is 288 g/mol. The minimum Gasteiger partial charge on any atom is -0.382 e. The SMILES string of the molecule is Nc1n[nH]c2c1C=CC(c1ccccc1)(c1ccccn1)C2. The van der Waals surface area contributed by atoms with Crippen molar-refractivity contribution in [1.82, 2.24) is 15.2 Å². The third-order valence-corrected chi connectivity index (χ3v) is 4.31. The van der Waals surface area contributed by atoms with Crippen LogP contribution in [-0.2, 0) is 11.8 Å². The van der Waals surface area contributed by atoms with Crippen LogP contribution >= 0.6 is 0 Å². The Hall–Kier alpha value is -2.88. The summed E-state index contributed by atoms with van der Waals surface area (Å²) in [5.74, 6) is 0.550. The number of aromatic amines is 1. The average Bonchev–Trinajstić information content (AvgIpc) is 2.96. The van der Waals surface area contributed by atoms with Crippen LogP contribution in [0.25, 0.3) is 6.08 Å². The number of aromatic nitrogens is 3. The molecule has 4 rings (SSSR count). The van der Waals surface area contributed by atoms with Crippen LogP contribution in [0.3, 0.4) is 0 Å². The molecule has 3 aromatic rings. The van der Waals surface area contributed by atoms with E-state index in [9.17, 15) is 0 Å². The Bertz CT molecular complexity index is 779. The maximum atomic E-state index is 5.92. The highest BCUT2D eigenvalue weighted by Gasteiger charge is 2.37. The quantitative estimate of drug-likeness (QED) is 0.762. The number of hydrogen-bond acceptors (Lipinski definition) is 3. The lowest BCUT2D eigenvalue weighted by molar-refractivity contribution is 0.601. The van der Waals surface area contributed by atoms with E-state index in [1.54, 1.807) is 0 Å². The van der Waals surface area contributed by atoms with Gasteiger partial charge in [-0.3, -0.25) is 10.1 Å². The molecule has 0 bridgehead atoms. The van der Waals surface area contributed by atoms with Crippen LogP contribution in [0.1, 0.15) is 22.5 Å². The lowest BCUT2D eigenvalue weighted by Gasteiger charge is -2.33. The van der Waals surface area contributed by atoms with Gasteiger partial charge in [0.25, 0.3) is 0 Å². The summed E-state index contributed by atoms with van der Waals surface area (Å²) >= 11 is 0. The highest BCUT2D eigenvalue weighted by atomic mass is 15.2. The summed E-state index contributed by atoms with van der Waals surface area (Å²) in [7, 11) is 0. The zero-order valence-corrected chi connectivity index (χ0v) is 12.0. The second-order valence-corrected chi connectivity index (χ2v) is 5.56. The molecule has 1 atom stereocenters. The number of allylic oxidation sites excluding steroid dienone is 1. The molecule has 0 saturated heterocycles. The molecule has 0 saturated carbocycles. The second-order valence-electron chi connectivity index (χ2n) is 5.56. The topological polar surface area (TPSA) is 67.6 Å². The highest BCUT2D eigenvalue weighted by molar-refractivity contribution is 5.69. The maximum Gasteiger partial charge on any atom is 0.152 e. The molecule has 1 unspecified atom stereocenters. The third kappa shape index (κ3) is 1.84. The highest BCUT2D eigenvalue weighted by Crippen LogP contribution is 2.40. The van der Waals surface area contributed by atoms with Crippen LogP contribution in [-0.4, -0.2) is 15.2 Å². The Morgan fingerprint density at radius 2 is 1.86 bits per heavy atom. The number of pyridine rings is 1. The van der Waals surface area contributed by atoms with Gasteiger partial charge in [-0.2, -0.15) is 5.10 Å². The molecule has 2 heterocycles. The van der Waals surface area contributed by atoms with E-state index in [1.165, 1.54) is 5.56 Å². The van der Waals surface area contributed by atoms with Gasteiger partial charge >= 0.3 is 0 Å². The molecule has 1 aliphatic carbocycles. The van der Waals surface area contributed by atoms with E-state index in [4.69, 9.17) is 5.73 Å². The fraction of sp³-hybridized carbons (Fsp3) is 0.111. The number of hydrogen-bond donors (Lipinski definition) is 2. The summed E-state index contributed by atoms with van der Waals surface area (Å²) in [5, 5.41) is 7.20. The van der Waals surface area contributed by atoms with Crippen molar-refractivity contribution in [2.75, 3.05) is 5.73 Å². The van der Waals surface area contributed by atoms with Gasteiger partial charge in [-0.15, -0.1) is 0 Å². The lowest BCUT2D eigenvalue weighted by atomic mass is 9.70. The van der Waals surface area contributed by atoms with Crippen LogP contribution in [0, 0.1) is 0 Å². The van der Waals surface area contributed by atoms with E-state index in [2.05, 4.69) is 57.7 Å². The van der Waals surface area contributed by atoms with Crippen molar-refractivity contribution in [3.8, 4) is 0 Å². The molecule has 0 spiro atoms. The number of rotatable bonds is 2. The van der Waals surface area contributed by atoms with E-state index < -0.39 is 0 Å². The van der Waals surface area contributed by atoms with Crippen molar-refractivity contribution in [3.63, 3.8) is 0 Å². The van der Waals surface area contributed by atoms with Gasteiger partial charge < -0.3 is 5.73 Å². The molecule has 0 aliphatic heterocycles. The number of nitrogens with zero attached hydrogens (tertiary/aromatic N) is 2. The number of nitrogen functional groups attached to an aromatic ring is 1. The van der Waals surface area contributed by atoms with Gasteiger partial charge in [0.2, 0.25) is 0 Å². The zero-order valence-electron chi connectivity index (χ0n) is 12.0. The summed E-state index contributed by atoms with van der Waals surface area (Å²) in [4.78, 5) is 4.61. The van der Waals surface area contributed by atoms with Gasteiger partial charge in [-0.25, -0.2) is 0 Å². The van der Waals surface area contributed by atoms with Crippen molar-refractivity contribution >= 4 is 11.9 Å². The van der Waals surface area contributed by atoms with Gasteiger partial charge in [0.1, 0.15) is 0 Å². The maximum absolute atomic E-state index is 5.92. The molecular weight excluding hydrogens is 272 g/mol. The van der Waals surface area contributed by atoms with Crippen molar-refractivity contribution in [3.05, 3.63) is 83.3 Å². The van der Waals surface area contributed by atoms with Crippen molar-refractivity contribution < 1.29 is 0 Å². The van der Waals surface area contributed by atoms with Crippen LogP contribution in [0.2, 0.25) is 0 Å². The number of nitrogens with one attached hydrogen (secondary N) is 1. The molecule has 4 nitrogen and oxygen atoms in total. The fourth-order valence-corrected chi connectivity index (χ4v) is 3.17. The second kappa shape index (κ2) is 4.84. The Balaban J connectivity index is 1.93. The molecular formula is C18H16N4. The third-order valence-electron chi connectivity index (χ3n) is 4.31. The summed E-state index contributed by atoms with van der Waals surface area (Å²) < 4.78 is 0. The normalized spacial score (nSPS) is 19.8. The zero-order chi connectivity index (χ0) is 15.0. The molecule has 4 heteroatoms. The van der Waals surface area contributed by atoms with Crippen LogP contribution in [0.5, 0.6) is 0 Å². The number of anilines is 1. The molecule has 2 aromatic heterocycles. The van der Waals surface area contributed by atoms with E-state index in [0.717, 1.165) is 23.4 Å². The molecule has 108 valence electrons. The smallest absolute Gasteiger partial charge is 0.152 e. The number of fused-ring (bicyclic) bond motifs is 1. The van der Waals surface area contributed by atoms with E-state index in [-0.39, 0.29) is 5.41 Å². The lowest BCUT2D eigenvalue weighted by Crippen LogP contribution is -2.31. The summed E-state index contributed by atoms with van der Waals surface area (Å²) in [5.41, 5.74) is 9.90. The van der Waals surface area contributed by atoms with Gasteiger partial charge in [0, 0.05) is 23.9 Å². The van der Waals surface area contributed by atoms with Gasteiger partial charge in [-0.05, 0) is 17.7 Å². The van der Waals surface area contributed by atoms with Crippen molar-refractivity contribution in [2.24, 2.45) is 0 Å². The van der Waals surface area contributed by atoms with Crippen LogP contribution in [0.15, 0.2) is 60.8 Å². The van der Waals surface area contributed by atoms with Crippen LogP contribution < -0.4 is 5.73 Å². The number of H-pyrrole nitrogens is 1. The van der Waals surface area contributed by atoms with Crippen LogP contribution in [0.4, 0.5) is 5.82 Å². The predicted octanol–water partition coefficient (Wildman–Crippen LogP) is 2.94. The minimum absolute atomic E-state index is 0.297.